The summed E-state index contributed by atoms with van der Waals surface area (Å²) in [5.41, 5.74) is 0. The molecule has 1 atom stereocenters. The zero-order valence-corrected chi connectivity index (χ0v) is 45.6. The van der Waals surface area contributed by atoms with Crippen molar-refractivity contribution >= 4 is 11.9 Å². The van der Waals surface area contributed by atoms with Crippen molar-refractivity contribution in [1.29, 1.82) is 0 Å². The molecule has 0 aliphatic heterocycles. The molecule has 0 heterocycles. The summed E-state index contributed by atoms with van der Waals surface area (Å²) in [4.78, 5) is 25.5. The Morgan fingerprint density at radius 1 is 0.338 bits per heavy atom. The van der Waals surface area contributed by atoms with Crippen LogP contribution in [0, 0.1) is 0 Å². The average Bonchev–Trinajstić information content (AvgIpc) is 3.34. The van der Waals surface area contributed by atoms with E-state index in [1.807, 2.05) is 0 Å². The van der Waals surface area contributed by atoms with Crippen molar-refractivity contribution in [2.75, 3.05) is 19.8 Å². The van der Waals surface area contributed by atoms with Crippen LogP contribution in [-0.2, 0) is 23.8 Å². The van der Waals surface area contributed by atoms with Gasteiger partial charge in [-0.3, -0.25) is 9.59 Å². The van der Waals surface area contributed by atoms with Crippen molar-refractivity contribution in [1.82, 2.24) is 0 Å². The fourth-order valence-corrected chi connectivity index (χ4v) is 8.57. The van der Waals surface area contributed by atoms with Gasteiger partial charge in [-0.05, 0) is 103 Å². The van der Waals surface area contributed by atoms with Crippen LogP contribution in [0.5, 0.6) is 0 Å². The molecule has 0 fully saturated rings. The molecule has 0 amide bonds. The molecule has 0 rings (SSSR count). The molecule has 0 aromatic heterocycles. The molecule has 396 valence electrons. The van der Waals surface area contributed by atoms with Crippen molar-refractivity contribution < 1.29 is 23.8 Å². The van der Waals surface area contributed by atoms with Crippen molar-refractivity contribution in [3.05, 3.63) is 60.8 Å². The molecule has 0 radical (unpaired) electrons. The Morgan fingerprint density at radius 3 is 1.07 bits per heavy atom. The first-order chi connectivity index (χ1) is 33.6. The lowest BCUT2D eigenvalue weighted by atomic mass is 10.1. The Kier molecular flexibility index (Phi) is 56.8. The molecule has 0 spiro atoms. The van der Waals surface area contributed by atoms with E-state index in [-0.39, 0.29) is 25.2 Å². The van der Waals surface area contributed by atoms with E-state index in [1.54, 1.807) is 0 Å². The summed E-state index contributed by atoms with van der Waals surface area (Å²) in [6, 6.07) is 0. The Morgan fingerprint density at radius 2 is 0.662 bits per heavy atom. The summed E-state index contributed by atoms with van der Waals surface area (Å²) in [6.45, 7) is 7.73. The van der Waals surface area contributed by atoms with Gasteiger partial charge in [0.15, 0.2) is 6.10 Å². The van der Waals surface area contributed by atoms with E-state index < -0.39 is 6.10 Å². The Labute approximate surface area is 424 Å². The third-order valence-corrected chi connectivity index (χ3v) is 13.0. The van der Waals surface area contributed by atoms with Crippen molar-refractivity contribution in [2.24, 2.45) is 0 Å². The van der Waals surface area contributed by atoms with Crippen LogP contribution in [0.3, 0.4) is 0 Å². The zero-order valence-electron chi connectivity index (χ0n) is 45.6. The summed E-state index contributed by atoms with van der Waals surface area (Å²) >= 11 is 0. The highest BCUT2D eigenvalue weighted by atomic mass is 16.6. The number of carbonyl (C=O) groups is 2. The Hall–Kier alpha value is -2.40. The van der Waals surface area contributed by atoms with Gasteiger partial charge >= 0.3 is 11.9 Å². The lowest BCUT2D eigenvalue weighted by molar-refractivity contribution is -0.163. The number of allylic oxidation sites excluding steroid dienone is 10. The molecule has 0 aromatic carbocycles. The van der Waals surface area contributed by atoms with Gasteiger partial charge in [-0.25, -0.2) is 0 Å². The standard InChI is InChI=1S/C63H114O5/c1-4-7-10-13-16-19-22-25-28-30-31-32-34-37-40-43-46-49-52-55-58-66-59-61(68-63(65)57-54-51-48-45-42-39-35-27-24-21-18-15-12-9-6-3)60-67-62(64)56-53-50-47-44-41-38-36-33-29-26-23-20-17-14-11-8-5-2/h8,11,17,20,25-29,35,61H,4-7,9-10,12-16,18-19,21-24,30-34,36-60H2,1-3H3/b11-8-,20-17-,28-25-,29-26-,35-27-. The summed E-state index contributed by atoms with van der Waals surface area (Å²) in [6.07, 6.45) is 75.3. The summed E-state index contributed by atoms with van der Waals surface area (Å²) < 4.78 is 17.5. The third-order valence-electron chi connectivity index (χ3n) is 13.0. The summed E-state index contributed by atoms with van der Waals surface area (Å²) in [5.74, 6) is -0.407. The molecule has 5 heteroatoms. The zero-order chi connectivity index (χ0) is 49.2. The number of ether oxygens (including phenoxy) is 3. The molecule has 1 unspecified atom stereocenters. The highest BCUT2D eigenvalue weighted by Gasteiger charge is 2.17. The molecule has 0 saturated heterocycles. The SMILES string of the molecule is CC/C=C\C/C=C\C/C=C\CCCCCCCCCC(=O)OCC(COCCCCCCCCCCCC/C=C\CCCCCCCC)OC(=O)CCCCCCC/C=C\CCCCCCCC. The predicted molar refractivity (Wildman–Crippen MR) is 298 cm³/mol. The molecule has 0 aliphatic carbocycles. The van der Waals surface area contributed by atoms with E-state index in [1.165, 1.54) is 186 Å². The van der Waals surface area contributed by atoms with E-state index in [9.17, 15) is 9.59 Å². The van der Waals surface area contributed by atoms with E-state index in [4.69, 9.17) is 14.2 Å². The van der Waals surface area contributed by atoms with Gasteiger partial charge in [0.05, 0.1) is 6.61 Å². The molecule has 0 bridgehead atoms. The molecule has 0 N–H and O–H groups in total. The minimum atomic E-state index is -0.546. The van der Waals surface area contributed by atoms with Gasteiger partial charge in [0.1, 0.15) is 6.61 Å². The predicted octanol–water partition coefficient (Wildman–Crippen LogP) is 20.5. The topological polar surface area (TPSA) is 61.8 Å². The third kappa shape index (κ3) is 56.2. The van der Waals surface area contributed by atoms with Crippen LogP contribution in [0.15, 0.2) is 60.8 Å². The monoisotopic (exact) mass is 951 g/mol. The average molecular weight is 952 g/mol. The van der Waals surface area contributed by atoms with Gasteiger partial charge in [-0.15, -0.1) is 0 Å². The van der Waals surface area contributed by atoms with Crippen LogP contribution in [-0.4, -0.2) is 37.9 Å². The number of carbonyl (C=O) groups excluding carboxylic acids is 2. The number of rotatable bonds is 55. The van der Waals surface area contributed by atoms with Gasteiger partial charge in [-0.2, -0.15) is 0 Å². The maximum Gasteiger partial charge on any atom is 0.306 e. The fourth-order valence-electron chi connectivity index (χ4n) is 8.57. The van der Waals surface area contributed by atoms with Crippen molar-refractivity contribution in [3.63, 3.8) is 0 Å². The molecular weight excluding hydrogens is 837 g/mol. The van der Waals surface area contributed by atoms with Gasteiger partial charge < -0.3 is 14.2 Å². The highest BCUT2D eigenvalue weighted by molar-refractivity contribution is 5.70. The number of unbranched alkanes of at least 4 members (excludes halogenated alkanes) is 34. The number of hydrogen-bond acceptors (Lipinski definition) is 5. The summed E-state index contributed by atoms with van der Waals surface area (Å²) in [5, 5.41) is 0. The van der Waals surface area contributed by atoms with Crippen molar-refractivity contribution in [2.45, 2.75) is 309 Å². The van der Waals surface area contributed by atoms with Crippen LogP contribution < -0.4 is 0 Å². The highest BCUT2D eigenvalue weighted by Crippen LogP contribution is 2.15. The molecule has 68 heavy (non-hydrogen) atoms. The molecule has 5 nitrogen and oxygen atoms in total. The molecular formula is C63H114O5. The van der Waals surface area contributed by atoms with Gasteiger partial charge in [0.25, 0.3) is 0 Å². The first-order valence-corrected chi connectivity index (χ1v) is 29.8. The second kappa shape index (κ2) is 58.9. The second-order valence-electron chi connectivity index (χ2n) is 19.9. The first kappa shape index (κ1) is 65.6. The smallest absolute Gasteiger partial charge is 0.306 e. The van der Waals surface area contributed by atoms with E-state index >= 15 is 0 Å². The normalized spacial score (nSPS) is 12.6. The number of hydrogen-bond donors (Lipinski definition) is 0. The van der Waals surface area contributed by atoms with E-state index in [0.29, 0.717) is 19.4 Å². The molecule has 0 aromatic rings. The molecule has 0 saturated carbocycles. The van der Waals surface area contributed by atoms with Crippen LogP contribution in [0.1, 0.15) is 303 Å². The maximum absolute atomic E-state index is 12.9. The minimum Gasteiger partial charge on any atom is -0.462 e. The van der Waals surface area contributed by atoms with Crippen LogP contribution in [0.25, 0.3) is 0 Å². The molecule has 0 aliphatic rings. The van der Waals surface area contributed by atoms with Crippen LogP contribution in [0.4, 0.5) is 0 Å². The van der Waals surface area contributed by atoms with Crippen LogP contribution >= 0.6 is 0 Å². The minimum absolute atomic E-state index is 0.0773. The lowest BCUT2D eigenvalue weighted by Gasteiger charge is -2.18. The largest absolute Gasteiger partial charge is 0.462 e. The fraction of sp³-hybridized carbons (Fsp3) is 0.810. The van der Waals surface area contributed by atoms with Gasteiger partial charge in [0, 0.05) is 19.4 Å². The van der Waals surface area contributed by atoms with E-state index in [2.05, 4.69) is 81.5 Å². The quantitative estimate of drug-likeness (QED) is 0.0345. The van der Waals surface area contributed by atoms with Crippen LogP contribution in [0.2, 0.25) is 0 Å². The Balaban J connectivity index is 4.26. The van der Waals surface area contributed by atoms with Crippen molar-refractivity contribution in [3.8, 4) is 0 Å². The Bertz CT molecular complexity index is 1170. The maximum atomic E-state index is 12.9. The second-order valence-corrected chi connectivity index (χ2v) is 19.9. The summed E-state index contributed by atoms with van der Waals surface area (Å²) in [7, 11) is 0. The van der Waals surface area contributed by atoms with E-state index in [0.717, 1.165) is 83.5 Å². The van der Waals surface area contributed by atoms with Gasteiger partial charge in [-0.1, -0.05) is 248 Å². The number of esters is 2. The lowest BCUT2D eigenvalue weighted by Crippen LogP contribution is -2.30. The van der Waals surface area contributed by atoms with Gasteiger partial charge in [0.2, 0.25) is 0 Å². The first-order valence-electron chi connectivity index (χ1n) is 29.8.